The monoisotopic (exact) mass is 395 g/mol. The predicted octanol–water partition coefficient (Wildman–Crippen LogP) is 4.61. The lowest BCUT2D eigenvalue weighted by atomic mass is 10.2. The number of nitrogens with one attached hydrogen (secondary N) is 1. The van der Waals surface area contributed by atoms with E-state index in [2.05, 4.69) is 5.32 Å². The van der Waals surface area contributed by atoms with Crippen molar-refractivity contribution in [1.29, 1.82) is 0 Å². The summed E-state index contributed by atoms with van der Waals surface area (Å²) in [5.74, 6) is 0.488. The molecular formula is C20H20F3NO4. The number of carbonyl (C=O) groups excluding carboxylic acids is 1. The van der Waals surface area contributed by atoms with E-state index >= 15 is 0 Å². The number of rotatable bonds is 7. The Balaban J connectivity index is 2.11. The molecule has 0 saturated carbocycles. The zero-order valence-electron chi connectivity index (χ0n) is 15.6. The van der Waals surface area contributed by atoms with E-state index in [4.69, 9.17) is 14.2 Å². The van der Waals surface area contributed by atoms with Crippen molar-refractivity contribution in [1.82, 2.24) is 0 Å². The highest BCUT2D eigenvalue weighted by Crippen LogP contribution is 2.29. The van der Waals surface area contributed by atoms with Crippen LogP contribution >= 0.6 is 0 Å². The molecule has 0 aliphatic rings. The summed E-state index contributed by atoms with van der Waals surface area (Å²) in [6.45, 7) is 0.268. The Morgan fingerprint density at radius 1 is 1.04 bits per heavy atom. The van der Waals surface area contributed by atoms with E-state index in [0.717, 1.165) is 0 Å². The first kappa shape index (κ1) is 21.1. The zero-order valence-corrected chi connectivity index (χ0v) is 15.6. The highest BCUT2D eigenvalue weighted by Gasteiger charge is 2.29. The molecule has 28 heavy (non-hydrogen) atoms. The maximum absolute atomic E-state index is 12.4. The molecule has 0 saturated heterocycles. The fourth-order valence-corrected chi connectivity index (χ4v) is 2.31. The Kier molecular flexibility index (Phi) is 6.92. The van der Waals surface area contributed by atoms with Crippen molar-refractivity contribution in [3.05, 3.63) is 53.6 Å². The number of alkyl halides is 3. The van der Waals surface area contributed by atoms with Gasteiger partial charge >= 0.3 is 6.18 Å². The first-order valence-corrected chi connectivity index (χ1v) is 8.23. The molecule has 0 bridgehead atoms. The molecule has 0 fully saturated rings. The lowest BCUT2D eigenvalue weighted by Crippen LogP contribution is -2.20. The van der Waals surface area contributed by atoms with E-state index in [1.54, 1.807) is 37.3 Å². The van der Waals surface area contributed by atoms with Crippen molar-refractivity contribution in [2.45, 2.75) is 13.1 Å². The van der Waals surface area contributed by atoms with E-state index in [1.807, 2.05) is 0 Å². The van der Waals surface area contributed by atoms with Gasteiger partial charge in [-0.25, -0.2) is 0 Å². The number of hydrogen-bond acceptors (Lipinski definition) is 4. The third-order valence-corrected chi connectivity index (χ3v) is 3.62. The van der Waals surface area contributed by atoms with Crippen molar-refractivity contribution in [3.8, 4) is 17.2 Å². The number of aryl methyl sites for hydroxylation is 1. The van der Waals surface area contributed by atoms with Crippen LogP contribution in [0.15, 0.2) is 42.5 Å². The standard InChI is InChI=1S/C20H20F3NO4/c1-13-4-7-15(17(10-13)28-12-20(21,22)23)24-19(25)9-6-14-5-8-16(26-2)18(11-14)27-3/h4-11H,12H2,1-3H3,(H,24,25). The number of ether oxygens (including phenoxy) is 3. The van der Waals surface area contributed by atoms with Crippen molar-refractivity contribution < 1.29 is 32.2 Å². The summed E-state index contributed by atoms with van der Waals surface area (Å²) in [5, 5.41) is 2.52. The van der Waals surface area contributed by atoms with Crippen LogP contribution in [-0.4, -0.2) is 32.9 Å². The Morgan fingerprint density at radius 3 is 2.39 bits per heavy atom. The first-order valence-electron chi connectivity index (χ1n) is 8.23. The van der Waals surface area contributed by atoms with Crippen LogP contribution in [0.1, 0.15) is 11.1 Å². The second kappa shape index (κ2) is 9.16. The molecule has 150 valence electrons. The maximum Gasteiger partial charge on any atom is 0.422 e. The Hall–Kier alpha value is -3.16. The normalized spacial score (nSPS) is 11.4. The van der Waals surface area contributed by atoms with Crippen molar-refractivity contribution >= 4 is 17.7 Å². The van der Waals surface area contributed by atoms with Crippen LogP contribution in [-0.2, 0) is 4.79 Å². The van der Waals surface area contributed by atoms with Crippen LogP contribution in [0.3, 0.4) is 0 Å². The number of carbonyl (C=O) groups is 1. The smallest absolute Gasteiger partial charge is 0.422 e. The first-order chi connectivity index (χ1) is 13.2. The molecule has 0 heterocycles. The van der Waals surface area contributed by atoms with Crippen LogP contribution < -0.4 is 19.5 Å². The number of hydrogen-bond donors (Lipinski definition) is 1. The van der Waals surface area contributed by atoms with Gasteiger partial charge in [0.25, 0.3) is 0 Å². The van der Waals surface area contributed by atoms with Gasteiger partial charge in [-0.05, 0) is 48.4 Å². The predicted molar refractivity (Wildman–Crippen MR) is 99.9 cm³/mol. The second-order valence-corrected chi connectivity index (χ2v) is 5.84. The molecule has 0 aliphatic heterocycles. The van der Waals surface area contributed by atoms with E-state index in [0.29, 0.717) is 22.6 Å². The van der Waals surface area contributed by atoms with Crippen molar-refractivity contribution in [2.24, 2.45) is 0 Å². The van der Waals surface area contributed by atoms with Crippen molar-refractivity contribution in [3.63, 3.8) is 0 Å². The van der Waals surface area contributed by atoms with E-state index in [9.17, 15) is 18.0 Å². The largest absolute Gasteiger partial charge is 0.493 e. The van der Waals surface area contributed by atoms with E-state index in [-0.39, 0.29) is 11.4 Å². The fraction of sp³-hybridized carbons (Fsp3) is 0.250. The molecule has 2 aromatic rings. The SMILES string of the molecule is COc1ccc(C=CC(=O)Nc2ccc(C)cc2OCC(F)(F)F)cc1OC. The average Bonchev–Trinajstić information content (AvgIpc) is 2.65. The number of benzene rings is 2. The zero-order chi connectivity index (χ0) is 20.7. The summed E-state index contributed by atoms with van der Waals surface area (Å²) in [7, 11) is 3.01. The fourth-order valence-electron chi connectivity index (χ4n) is 2.31. The average molecular weight is 395 g/mol. The summed E-state index contributed by atoms with van der Waals surface area (Å²) in [4.78, 5) is 12.2. The molecular weight excluding hydrogens is 375 g/mol. The molecule has 0 radical (unpaired) electrons. The lowest BCUT2D eigenvalue weighted by Gasteiger charge is -2.14. The highest BCUT2D eigenvalue weighted by atomic mass is 19.4. The minimum atomic E-state index is -4.47. The molecule has 2 rings (SSSR count). The molecule has 0 atom stereocenters. The van der Waals surface area contributed by atoms with Crippen LogP contribution in [0.25, 0.3) is 6.08 Å². The second-order valence-electron chi connectivity index (χ2n) is 5.84. The number of halogens is 3. The third kappa shape index (κ3) is 6.22. The maximum atomic E-state index is 12.4. The minimum absolute atomic E-state index is 0.0507. The van der Waals surface area contributed by atoms with E-state index < -0.39 is 18.7 Å². The molecule has 1 amide bonds. The number of amides is 1. The van der Waals surface area contributed by atoms with Gasteiger partial charge < -0.3 is 19.5 Å². The summed E-state index contributed by atoms with van der Waals surface area (Å²) in [6.07, 6.45) is -1.67. The van der Waals surface area contributed by atoms with Gasteiger partial charge in [-0.15, -0.1) is 0 Å². The molecule has 8 heteroatoms. The van der Waals surface area contributed by atoms with Gasteiger partial charge in [-0.1, -0.05) is 12.1 Å². The third-order valence-electron chi connectivity index (χ3n) is 3.62. The number of anilines is 1. The molecule has 1 N–H and O–H groups in total. The van der Waals surface area contributed by atoms with Crippen LogP contribution in [0.5, 0.6) is 17.2 Å². The summed E-state index contributed by atoms with van der Waals surface area (Å²) < 4.78 is 52.4. The summed E-state index contributed by atoms with van der Waals surface area (Å²) >= 11 is 0. The molecule has 0 spiro atoms. The van der Waals surface area contributed by atoms with Gasteiger partial charge in [0.1, 0.15) is 5.75 Å². The summed E-state index contributed by atoms with van der Waals surface area (Å²) in [5.41, 5.74) is 1.54. The Morgan fingerprint density at radius 2 is 1.75 bits per heavy atom. The van der Waals surface area contributed by atoms with Gasteiger partial charge in [0.15, 0.2) is 18.1 Å². The summed E-state index contributed by atoms with van der Waals surface area (Å²) in [6, 6.07) is 9.69. The molecule has 0 unspecified atom stereocenters. The van der Waals surface area contributed by atoms with Gasteiger partial charge in [-0.2, -0.15) is 13.2 Å². The molecule has 0 aromatic heterocycles. The van der Waals surface area contributed by atoms with E-state index in [1.165, 1.54) is 32.4 Å². The highest BCUT2D eigenvalue weighted by molar-refractivity contribution is 6.02. The van der Waals surface area contributed by atoms with Crippen LogP contribution in [0.2, 0.25) is 0 Å². The molecule has 5 nitrogen and oxygen atoms in total. The van der Waals surface area contributed by atoms with Gasteiger partial charge in [0, 0.05) is 6.08 Å². The van der Waals surface area contributed by atoms with Gasteiger partial charge in [0.05, 0.1) is 19.9 Å². The lowest BCUT2D eigenvalue weighted by molar-refractivity contribution is -0.153. The Bertz CT molecular complexity index is 863. The minimum Gasteiger partial charge on any atom is -0.493 e. The Labute approximate surface area is 160 Å². The topological polar surface area (TPSA) is 56.8 Å². The number of methoxy groups -OCH3 is 2. The van der Waals surface area contributed by atoms with Crippen molar-refractivity contribution in [2.75, 3.05) is 26.1 Å². The van der Waals surface area contributed by atoms with Gasteiger partial charge in [-0.3, -0.25) is 4.79 Å². The quantitative estimate of drug-likeness (QED) is 0.696. The van der Waals surface area contributed by atoms with Crippen LogP contribution in [0.4, 0.5) is 18.9 Å². The van der Waals surface area contributed by atoms with Crippen LogP contribution in [0, 0.1) is 6.92 Å². The molecule has 0 aliphatic carbocycles. The molecule has 2 aromatic carbocycles. The van der Waals surface area contributed by atoms with Gasteiger partial charge in [0.2, 0.25) is 5.91 Å².